The lowest BCUT2D eigenvalue weighted by atomic mass is 10.0. The number of hydrogen-bond acceptors (Lipinski definition) is 3. The number of benzene rings is 1. The third-order valence-corrected chi connectivity index (χ3v) is 2.70. The van der Waals surface area contributed by atoms with Gasteiger partial charge in [-0.25, -0.2) is 8.78 Å². The van der Waals surface area contributed by atoms with E-state index in [9.17, 15) is 8.78 Å². The predicted molar refractivity (Wildman–Crippen MR) is 75.8 cm³/mol. The summed E-state index contributed by atoms with van der Waals surface area (Å²) in [5.74, 6) is 0.796. The van der Waals surface area contributed by atoms with Gasteiger partial charge in [-0.05, 0) is 45.4 Å². The Morgan fingerprint density at radius 2 is 1.85 bits per heavy atom. The highest BCUT2D eigenvalue weighted by Gasteiger charge is 2.17. The van der Waals surface area contributed by atoms with Gasteiger partial charge in [0.2, 0.25) is 0 Å². The molecule has 1 N–H and O–H groups in total. The van der Waals surface area contributed by atoms with Crippen LogP contribution in [0.4, 0.5) is 8.78 Å². The Labute approximate surface area is 119 Å². The van der Waals surface area contributed by atoms with Crippen LogP contribution in [-0.2, 0) is 0 Å². The minimum absolute atomic E-state index is 0.0164. The number of rotatable bonds is 6. The molecule has 5 heteroatoms. The van der Waals surface area contributed by atoms with Crippen LogP contribution in [0, 0.1) is 0 Å². The van der Waals surface area contributed by atoms with E-state index in [1.807, 2.05) is 19.1 Å². The van der Waals surface area contributed by atoms with Crippen molar-refractivity contribution in [2.75, 3.05) is 13.7 Å². The molecule has 0 saturated carbocycles. The molecular formula is C15H23F2NO2. The van der Waals surface area contributed by atoms with Crippen molar-refractivity contribution in [2.24, 2.45) is 0 Å². The highest BCUT2D eigenvalue weighted by molar-refractivity contribution is 5.43. The van der Waals surface area contributed by atoms with E-state index in [4.69, 9.17) is 9.47 Å². The molecule has 114 valence electrons. The fourth-order valence-corrected chi connectivity index (χ4v) is 1.96. The normalized spacial score (nSPS) is 13.4. The van der Waals surface area contributed by atoms with Gasteiger partial charge in [-0.15, -0.1) is 0 Å². The third-order valence-electron chi connectivity index (χ3n) is 2.70. The molecule has 0 aliphatic rings. The monoisotopic (exact) mass is 287 g/mol. The number of halogens is 2. The number of hydrogen-bond donors (Lipinski definition) is 1. The van der Waals surface area contributed by atoms with Crippen molar-refractivity contribution in [1.82, 2.24) is 5.32 Å². The second-order valence-electron chi connectivity index (χ2n) is 5.73. The van der Waals surface area contributed by atoms with E-state index in [-0.39, 0.29) is 11.6 Å². The molecule has 0 radical (unpaired) electrons. The molecule has 1 aromatic rings. The largest absolute Gasteiger partial charge is 0.493 e. The van der Waals surface area contributed by atoms with E-state index in [0.29, 0.717) is 11.5 Å². The molecule has 0 heterocycles. The van der Waals surface area contributed by atoms with Gasteiger partial charge in [-0.1, -0.05) is 6.07 Å². The zero-order valence-corrected chi connectivity index (χ0v) is 12.7. The second-order valence-corrected chi connectivity index (χ2v) is 5.73. The quantitative estimate of drug-likeness (QED) is 0.863. The van der Waals surface area contributed by atoms with Crippen LogP contribution in [0.25, 0.3) is 0 Å². The van der Waals surface area contributed by atoms with Gasteiger partial charge >= 0.3 is 0 Å². The average molecular weight is 287 g/mol. The molecule has 0 aromatic heterocycles. The Bertz CT molecular complexity index is 430. The van der Waals surface area contributed by atoms with E-state index >= 15 is 0 Å². The Hall–Kier alpha value is -1.36. The fourth-order valence-electron chi connectivity index (χ4n) is 1.96. The zero-order chi connectivity index (χ0) is 15.3. The summed E-state index contributed by atoms with van der Waals surface area (Å²) in [4.78, 5) is 0. The molecule has 1 atom stereocenters. The minimum atomic E-state index is -2.50. The first-order chi connectivity index (χ1) is 9.23. The summed E-state index contributed by atoms with van der Waals surface area (Å²) in [6.45, 7) is 7.66. The van der Waals surface area contributed by atoms with Crippen molar-refractivity contribution < 1.29 is 18.3 Å². The maximum atomic E-state index is 12.2. The lowest BCUT2D eigenvalue weighted by Crippen LogP contribution is -2.37. The first-order valence-corrected chi connectivity index (χ1v) is 6.59. The Kier molecular flexibility index (Phi) is 5.74. The molecule has 0 aliphatic heterocycles. The Balaban J connectivity index is 2.86. The van der Waals surface area contributed by atoms with Gasteiger partial charge in [0.15, 0.2) is 11.5 Å². The summed E-state index contributed by atoms with van der Waals surface area (Å²) >= 11 is 0. The van der Waals surface area contributed by atoms with E-state index < -0.39 is 13.0 Å². The van der Waals surface area contributed by atoms with Crippen LogP contribution in [0.2, 0.25) is 0 Å². The standard InChI is InChI=1S/C15H23F2NO2/c1-10(18-15(2,3)4)11-6-7-12(13(8-11)19-5)20-9-14(16)17/h6-8,10,14,18H,9H2,1-5H3. The van der Waals surface area contributed by atoms with Crippen molar-refractivity contribution >= 4 is 0 Å². The van der Waals surface area contributed by atoms with Crippen LogP contribution in [0.5, 0.6) is 11.5 Å². The number of ether oxygens (including phenoxy) is 2. The zero-order valence-electron chi connectivity index (χ0n) is 12.7. The van der Waals surface area contributed by atoms with Crippen LogP contribution in [-0.4, -0.2) is 25.7 Å². The van der Waals surface area contributed by atoms with Crippen molar-refractivity contribution in [3.05, 3.63) is 23.8 Å². The molecule has 0 fully saturated rings. The van der Waals surface area contributed by atoms with E-state index in [2.05, 4.69) is 26.1 Å². The van der Waals surface area contributed by atoms with Crippen LogP contribution in [0.15, 0.2) is 18.2 Å². The second kappa shape index (κ2) is 6.88. The summed E-state index contributed by atoms with van der Waals surface area (Å²) in [5, 5.41) is 3.44. The molecule has 20 heavy (non-hydrogen) atoms. The summed E-state index contributed by atoms with van der Waals surface area (Å²) in [6, 6.07) is 5.45. The smallest absolute Gasteiger partial charge is 0.272 e. The first kappa shape index (κ1) is 16.7. The first-order valence-electron chi connectivity index (χ1n) is 6.59. The lowest BCUT2D eigenvalue weighted by Gasteiger charge is -2.26. The van der Waals surface area contributed by atoms with Crippen LogP contribution >= 0.6 is 0 Å². The third kappa shape index (κ3) is 5.33. The fraction of sp³-hybridized carbons (Fsp3) is 0.600. The number of nitrogens with one attached hydrogen (secondary N) is 1. The molecule has 0 bridgehead atoms. The van der Waals surface area contributed by atoms with Gasteiger partial charge in [0.1, 0.15) is 6.61 Å². The topological polar surface area (TPSA) is 30.5 Å². The van der Waals surface area contributed by atoms with Gasteiger partial charge in [0, 0.05) is 11.6 Å². The van der Waals surface area contributed by atoms with Crippen molar-refractivity contribution in [3.63, 3.8) is 0 Å². The minimum Gasteiger partial charge on any atom is -0.493 e. The molecule has 0 saturated heterocycles. The summed E-state index contributed by atoms with van der Waals surface area (Å²) < 4.78 is 34.6. The average Bonchev–Trinajstić information content (AvgIpc) is 2.33. The summed E-state index contributed by atoms with van der Waals surface area (Å²) in [5.41, 5.74) is 0.999. The van der Waals surface area contributed by atoms with Gasteiger partial charge in [0.25, 0.3) is 6.43 Å². The highest BCUT2D eigenvalue weighted by atomic mass is 19.3. The van der Waals surface area contributed by atoms with Crippen molar-refractivity contribution in [3.8, 4) is 11.5 Å². The van der Waals surface area contributed by atoms with E-state index in [1.54, 1.807) is 6.07 Å². The SMILES string of the molecule is COc1cc(C(C)NC(C)(C)C)ccc1OCC(F)F. The van der Waals surface area contributed by atoms with Gasteiger partial charge in [-0.2, -0.15) is 0 Å². The molecule has 3 nitrogen and oxygen atoms in total. The Morgan fingerprint density at radius 1 is 1.20 bits per heavy atom. The molecule has 1 unspecified atom stereocenters. The van der Waals surface area contributed by atoms with Crippen LogP contribution < -0.4 is 14.8 Å². The van der Waals surface area contributed by atoms with Crippen LogP contribution in [0.1, 0.15) is 39.3 Å². The van der Waals surface area contributed by atoms with Crippen molar-refractivity contribution in [1.29, 1.82) is 0 Å². The summed E-state index contributed by atoms with van der Waals surface area (Å²) in [6.07, 6.45) is -2.50. The van der Waals surface area contributed by atoms with Crippen molar-refractivity contribution in [2.45, 2.75) is 45.7 Å². The molecule has 1 aromatic carbocycles. The number of alkyl halides is 2. The maximum absolute atomic E-state index is 12.2. The maximum Gasteiger partial charge on any atom is 0.272 e. The van der Waals surface area contributed by atoms with Crippen LogP contribution in [0.3, 0.4) is 0 Å². The predicted octanol–water partition coefficient (Wildman–Crippen LogP) is 3.79. The van der Waals surface area contributed by atoms with Gasteiger partial charge < -0.3 is 14.8 Å². The number of methoxy groups -OCH3 is 1. The Morgan fingerprint density at radius 3 is 2.35 bits per heavy atom. The van der Waals surface area contributed by atoms with Gasteiger partial charge in [-0.3, -0.25) is 0 Å². The lowest BCUT2D eigenvalue weighted by molar-refractivity contribution is 0.0804. The molecule has 1 rings (SSSR count). The highest BCUT2D eigenvalue weighted by Crippen LogP contribution is 2.31. The molecule has 0 aliphatic carbocycles. The van der Waals surface area contributed by atoms with Gasteiger partial charge in [0.05, 0.1) is 7.11 Å². The molecule has 0 spiro atoms. The van der Waals surface area contributed by atoms with E-state index in [1.165, 1.54) is 7.11 Å². The molecule has 0 amide bonds. The van der Waals surface area contributed by atoms with E-state index in [0.717, 1.165) is 5.56 Å². The molecular weight excluding hydrogens is 264 g/mol. The summed E-state index contributed by atoms with van der Waals surface area (Å²) in [7, 11) is 1.50.